The summed E-state index contributed by atoms with van der Waals surface area (Å²) in [5.41, 5.74) is 4.89. The number of nitrogens with one attached hydrogen (secondary N) is 1. The largest absolute Gasteiger partial charge is 0.490 e. The molecular weight excluding hydrogens is 443 g/mol. The second-order valence-corrected chi connectivity index (χ2v) is 7.11. The van der Waals surface area contributed by atoms with Gasteiger partial charge in [-0.05, 0) is 79.6 Å². The molecule has 26 heavy (non-hydrogen) atoms. The van der Waals surface area contributed by atoms with E-state index in [9.17, 15) is 4.79 Å². The van der Waals surface area contributed by atoms with Crippen LogP contribution in [0.3, 0.4) is 0 Å². The van der Waals surface area contributed by atoms with Crippen LogP contribution in [0.25, 0.3) is 0 Å². The maximum atomic E-state index is 12.2. The molecule has 0 saturated heterocycles. The normalized spacial score (nSPS) is 11.0. The van der Waals surface area contributed by atoms with Gasteiger partial charge in [-0.3, -0.25) is 4.79 Å². The summed E-state index contributed by atoms with van der Waals surface area (Å²) in [5.74, 6) is 1.15. The number of hydrazone groups is 1. The van der Waals surface area contributed by atoms with Crippen molar-refractivity contribution in [1.82, 2.24) is 5.43 Å². The zero-order chi connectivity index (χ0) is 19.1. The third-order valence-corrected chi connectivity index (χ3v) is 4.26. The highest BCUT2D eigenvalue weighted by Crippen LogP contribution is 2.34. The van der Waals surface area contributed by atoms with Crippen LogP contribution in [0.2, 0.25) is 0 Å². The number of hydrogen-bond acceptors (Lipinski definition) is 4. The Kier molecular flexibility index (Phi) is 7.44. The van der Waals surface area contributed by atoms with Crippen molar-refractivity contribution in [3.05, 3.63) is 56.7 Å². The molecule has 1 amide bonds. The van der Waals surface area contributed by atoms with E-state index in [2.05, 4.69) is 33.1 Å². The smallest absolute Gasteiger partial charge is 0.271 e. The van der Waals surface area contributed by atoms with Gasteiger partial charge in [0.05, 0.1) is 22.5 Å². The molecule has 2 aromatic carbocycles. The van der Waals surface area contributed by atoms with E-state index in [-0.39, 0.29) is 12.0 Å². The topological polar surface area (TPSA) is 59.9 Å². The first-order valence-corrected chi connectivity index (χ1v) is 9.52. The van der Waals surface area contributed by atoms with Gasteiger partial charge in [-0.15, -0.1) is 0 Å². The Morgan fingerprint density at radius 1 is 1.31 bits per heavy atom. The van der Waals surface area contributed by atoms with Crippen LogP contribution in [-0.2, 0) is 0 Å². The summed E-state index contributed by atoms with van der Waals surface area (Å²) in [4.78, 5) is 12.2. The molecule has 0 bridgehead atoms. The SMILES string of the molecule is CCOc1cc(/C=N\NC(=O)c2ccccc2C)cc(I)c1OC(C)C. The first-order chi connectivity index (χ1) is 12.4. The number of nitrogens with zero attached hydrogens (tertiary/aromatic N) is 1. The Hall–Kier alpha value is -2.09. The van der Waals surface area contributed by atoms with Crippen molar-refractivity contribution in [2.24, 2.45) is 5.10 Å². The summed E-state index contributed by atoms with van der Waals surface area (Å²) in [7, 11) is 0. The Morgan fingerprint density at radius 2 is 2.04 bits per heavy atom. The van der Waals surface area contributed by atoms with Crippen LogP contribution < -0.4 is 14.9 Å². The fourth-order valence-electron chi connectivity index (χ4n) is 2.33. The predicted octanol–water partition coefficient (Wildman–Crippen LogP) is 4.55. The summed E-state index contributed by atoms with van der Waals surface area (Å²) in [5, 5.41) is 4.07. The number of aryl methyl sites for hydroxylation is 1. The predicted molar refractivity (Wildman–Crippen MR) is 112 cm³/mol. The Morgan fingerprint density at radius 3 is 2.69 bits per heavy atom. The average molecular weight is 466 g/mol. The fourth-order valence-corrected chi connectivity index (χ4v) is 3.08. The van der Waals surface area contributed by atoms with Crippen molar-refractivity contribution < 1.29 is 14.3 Å². The molecule has 0 radical (unpaired) electrons. The molecule has 1 N–H and O–H groups in total. The number of benzene rings is 2. The highest BCUT2D eigenvalue weighted by molar-refractivity contribution is 14.1. The zero-order valence-corrected chi connectivity index (χ0v) is 17.5. The van der Waals surface area contributed by atoms with Gasteiger partial charge in [-0.2, -0.15) is 5.10 Å². The summed E-state index contributed by atoms with van der Waals surface area (Å²) < 4.78 is 12.5. The lowest BCUT2D eigenvalue weighted by Crippen LogP contribution is -2.18. The van der Waals surface area contributed by atoms with Crippen LogP contribution >= 0.6 is 22.6 Å². The average Bonchev–Trinajstić information content (AvgIpc) is 2.58. The summed E-state index contributed by atoms with van der Waals surface area (Å²) in [6, 6.07) is 11.2. The summed E-state index contributed by atoms with van der Waals surface area (Å²) in [6.45, 7) is 8.30. The summed E-state index contributed by atoms with van der Waals surface area (Å²) in [6.07, 6.45) is 1.65. The molecule has 5 nitrogen and oxygen atoms in total. The molecule has 0 heterocycles. The monoisotopic (exact) mass is 466 g/mol. The van der Waals surface area contributed by atoms with Crippen molar-refractivity contribution in [2.75, 3.05) is 6.61 Å². The first-order valence-electron chi connectivity index (χ1n) is 8.44. The molecule has 0 aliphatic carbocycles. The molecule has 138 valence electrons. The van der Waals surface area contributed by atoms with Crippen LogP contribution in [0.15, 0.2) is 41.5 Å². The molecule has 2 rings (SSSR count). The van der Waals surface area contributed by atoms with E-state index in [0.29, 0.717) is 17.9 Å². The zero-order valence-electron chi connectivity index (χ0n) is 15.4. The van der Waals surface area contributed by atoms with Crippen molar-refractivity contribution >= 4 is 34.7 Å². The molecule has 0 aromatic heterocycles. The number of carbonyl (C=O) groups excluding carboxylic acids is 1. The number of rotatable bonds is 7. The molecule has 0 aliphatic heterocycles. The number of hydrogen-bond donors (Lipinski definition) is 1. The van der Waals surface area contributed by atoms with E-state index in [4.69, 9.17) is 9.47 Å². The Balaban J connectivity index is 2.17. The van der Waals surface area contributed by atoms with Gasteiger partial charge in [0, 0.05) is 5.56 Å². The van der Waals surface area contributed by atoms with Crippen molar-refractivity contribution in [1.29, 1.82) is 0 Å². The molecule has 0 fully saturated rings. The minimum absolute atomic E-state index is 0.0515. The second-order valence-electron chi connectivity index (χ2n) is 5.94. The third-order valence-electron chi connectivity index (χ3n) is 3.45. The fraction of sp³-hybridized carbons (Fsp3) is 0.300. The van der Waals surface area contributed by atoms with Crippen molar-refractivity contribution in [3.8, 4) is 11.5 Å². The van der Waals surface area contributed by atoms with Gasteiger partial charge in [0.2, 0.25) is 0 Å². The molecule has 6 heteroatoms. The lowest BCUT2D eigenvalue weighted by atomic mass is 10.1. The van der Waals surface area contributed by atoms with E-state index in [1.165, 1.54) is 0 Å². The molecule has 0 unspecified atom stereocenters. The molecular formula is C20H23IN2O3. The first kappa shape index (κ1) is 20.2. The Labute approximate surface area is 167 Å². The van der Waals surface area contributed by atoms with Crippen LogP contribution in [0.4, 0.5) is 0 Å². The van der Waals surface area contributed by atoms with Crippen LogP contribution in [-0.4, -0.2) is 24.8 Å². The molecule has 0 aliphatic rings. The number of amides is 1. The van der Waals surface area contributed by atoms with Gasteiger partial charge in [0.15, 0.2) is 11.5 Å². The lowest BCUT2D eigenvalue weighted by Gasteiger charge is -2.16. The van der Waals surface area contributed by atoms with E-state index in [1.54, 1.807) is 12.3 Å². The molecule has 0 spiro atoms. The van der Waals surface area contributed by atoms with Gasteiger partial charge in [-0.1, -0.05) is 18.2 Å². The number of carbonyl (C=O) groups is 1. The minimum atomic E-state index is -0.237. The van der Waals surface area contributed by atoms with Crippen LogP contribution in [0.5, 0.6) is 11.5 Å². The van der Waals surface area contributed by atoms with Crippen LogP contribution in [0, 0.1) is 10.5 Å². The highest BCUT2D eigenvalue weighted by atomic mass is 127. The lowest BCUT2D eigenvalue weighted by molar-refractivity contribution is 0.0954. The molecule has 0 saturated carbocycles. The van der Waals surface area contributed by atoms with Crippen molar-refractivity contribution in [3.63, 3.8) is 0 Å². The number of halogens is 1. The van der Waals surface area contributed by atoms with Crippen molar-refractivity contribution in [2.45, 2.75) is 33.8 Å². The van der Waals surface area contributed by atoms with E-state index < -0.39 is 0 Å². The van der Waals surface area contributed by atoms with Gasteiger partial charge in [0.25, 0.3) is 5.91 Å². The van der Waals surface area contributed by atoms with Crippen LogP contribution in [0.1, 0.15) is 42.3 Å². The highest BCUT2D eigenvalue weighted by Gasteiger charge is 2.13. The van der Waals surface area contributed by atoms with Gasteiger partial charge < -0.3 is 9.47 Å². The van der Waals surface area contributed by atoms with Gasteiger partial charge >= 0.3 is 0 Å². The van der Waals surface area contributed by atoms with E-state index >= 15 is 0 Å². The van der Waals surface area contributed by atoms with Gasteiger partial charge in [0.1, 0.15) is 0 Å². The van der Waals surface area contributed by atoms with Gasteiger partial charge in [-0.25, -0.2) is 5.43 Å². The summed E-state index contributed by atoms with van der Waals surface area (Å²) >= 11 is 2.21. The second kappa shape index (κ2) is 9.56. The van der Waals surface area contributed by atoms with E-state index in [1.807, 2.05) is 58.0 Å². The third kappa shape index (κ3) is 5.45. The number of ether oxygens (including phenoxy) is 2. The standard InChI is InChI=1S/C20H23IN2O3/c1-5-25-18-11-15(10-17(21)19(18)26-13(2)3)12-22-23-20(24)16-9-7-6-8-14(16)4/h6-13H,5H2,1-4H3,(H,23,24)/b22-12-. The quantitative estimate of drug-likeness (QED) is 0.370. The maximum Gasteiger partial charge on any atom is 0.271 e. The minimum Gasteiger partial charge on any atom is -0.490 e. The van der Waals surface area contributed by atoms with E-state index in [0.717, 1.165) is 20.4 Å². The molecule has 2 aromatic rings. The molecule has 0 atom stereocenters. The Bertz CT molecular complexity index is 804. The maximum absolute atomic E-state index is 12.2.